The minimum atomic E-state index is -0.0921. The number of benzene rings is 2. The Morgan fingerprint density at radius 2 is 1.79 bits per heavy atom. The van der Waals surface area contributed by atoms with Gasteiger partial charge in [-0.2, -0.15) is 0 Å². The first-order valence-electron chi connectivity index (χ1n) is 11.0. The Bertz CT molecular complexity index is 1070. The second kappa shape index (κ2) is 11.1. The lowest BCUT2D eigenvalue weighted by molar-refractivity contribution is 0.00341. The van der Waals surface area contributed by atoms with Gasteiger partial charge in [0.1, 0.15) is 5.15 Å². The lowest BCUT2D eigenvalue weighted by atomic mass is 10.1. The van der Waals surface area contributed by atoms with E-state index >= 15 is 0 Å². The van der Waals surface area contributed by atoms with Gasteiger partial charge in [0.2, 0.25) is 0 Å². The Morgan fingerprint density at radius 3 is 2.45 bits per heavy atom. The lowest BCUT2D eigenvalue weighted by Gasteiger charge is -2.36. The lowest BCUT2D eigenvalue weighted by Crippen LogP contribution is -2.49. The first-order chi connectivity index (χ1) is 16.0. The highest BCUT2D eigenvalue weighted by Gasteiger charge is 2.25. The topological polar surface area (TPSA) is 45.7 Å². The molecule has 1 saturated heterocycles. The number of carbonyl (C=O) groups is 1. The third-order valence-corrected chi connectivity index (χ3v) is 6.31. The molecule has 1 unspecified atom stereocenters. The molecule has 172 valence electrons. The summed E-state index contributed by atoms with van der Waals surface area (Å²) >= 11 is 11.9. The monoisotopic (exact) mass is 483 g/mol. The number of piperazine rings is 1. The van der Waals surface area contributed by atoms with E-state index in [1.54, 1.807) is 12.1 Å². The van der Waals surface area contributed by atoms with Gasteiger partial charge in [-0.05, 0) is 42.3 Å². The van der Waals surface area contributed by atoms with Crippen molar-refractivity contribution in [1.82, 2.24) is 14.8 Å². The highest BCUT2D eigenvalue weighted by Crippen LogP contribution is 2.24. The molecule has 1 amide bonds. The molecule has 1 fully saturated rings. The van der Waals surface area contributed by atoms with E-state index in [0.29, 0.717) is 35.4 Å². The molecule has 0 saturated carbocycles. The zero-order chi connectivity index (χ0) is 23.2. The molecular weight excluding hydrogens is 457 g/mol. The fourth-order valence-electron chi connectivity index (χ4n) is 3.98. The van der Waals surface area contributed by atoms with E-state index in [4.69, 9.17) is 27.9 Å². The summed E-state index contributed by atoms with van der Waals surface area (Å²) in [5.74, 6) is -0.0104. The summed E-state index contributed by atoms with van der Waals surface area (Å²) in [6.07, 6.45) is 1.44. The molecule has 0 aliphatic carbocycles. The van der Waals surface area contributed by atoms with Gasteiger partial charge in [0.25, 0.3) is 5.91 Å². The number of halogens is 2. The van der Waals surface area contributed by atoms with Crippen LogP contribution in [0.1, 0.15) is 33.2 Å². The van der Waals surface area contributed by atoms with Gasteiger partial charge >= 0.3 is 0 Å². The number of amides is 1. The van der Waals surface area contributed by atoms with Gasteiger partial charge in [-0.15, -0.1) is 0 Å². The fourth-order valence-corrected chi connectivity index (χ4v) is 4.22. The molecule has 3 aromatic rings. The van der Waals surface area contributed by atoms with Crippen molar-refractivity contribution in [1.29, 1.82) is 0 Å². The molecule has 4 rings (SSSR count). The number of hydrogen-bond acceptors (Lipinski definition) is 4. The number of pyridine rings is 1. The third-order valence-electron chi connectivity index (χ3n) is 5.83. The van der Waals surface area contributed by atoms with Gasteiger partial charge in [-0.1, -0.05) is 65.2 Å². The van der Waals surface area contributed by atoms with Gasteiger partial charge in [-0.3, -0.25) is 9.69 Å². The molecule has 0 N–H and O–H groups in total. The predicted molar refractivity (Wildman–Crippen MR) is 132 cm³/mol. The second-order valence-electron chi connectivity index (χ2n) is 8.30. The minimum Gasteiger partial charge on any atom is -0.368 e. The molecule has 5 nitrogen and oxygen atoms in total. The smallest absolute Gasteiger partial charge is 0.255 e. The zero-order valence-electron chi connectivity index (χ0n) is 18.6. The van der Waals surface area contributed by atoms with Crippen LogP contribution in [0.15, 0.2) is 66.9 Å². The molecule has 1 aliphatic heterocycles. The summed E-state index contributed by atoms with van der Waals surface area (Å²) in [7, 11) is 0. The maximum Gasteiger partial charge on any atom is 0.255 e. The van der Waals surface area contributed by atoms with E-state index < -0.39 is 0 Å². The van der Waals surface area contributed by atoms with Gasteiger partial charge < -0.3 is 9.64 Å². The van der Waals surface area contributed by atoms with Crippen LogP contribution in [-0.2, 0) is 11.3 Å². The highest BCUT2D eigenvalue weighted by atomic mass is 35.5. The third kappa shape index (κ3) is 6.55. The van der Waals surface area contributed by atoms with Gasteiger partial charge in [0.15, 0.2) is 0 Å². The van der Waals surface area contributed by atoms with E-state index in [9.17, 15) is 4.79 Å². The predicted octanol–water partition coefficient (Wildman–Crippen LogP) is 5.41. The van der Waals surface area contributed by atoms with Gasteiger partial charge in [0, 0.05) is 43.9 Å². The summed E-state index contributed by atoms with van der Waals surface area (Å²) < 4.78 is 6.38. The summed E-state index contributed by atoms with van der Waals surface area (Å²) in [5.41, 5.74) is 4.03. The van der Waals surface area contributed by atoms with E-state index in [1.165, 1.54) is 11.8 Å². The highest BCUT2D eigenvalue weighted by molar-refractivity contribution is 6.30. The van der Waals surface area contributed by atoms with E-state index in [-0.39, 0.29) is 12.0 Å². The first kappa shape index (κ1) is 23.7. The van der Waals surface area contributed by atoms with E-state index in [2.05, 4.69) is 41.1 Å². The van der Waals surface area contributed by atoms with Crippen molar-refractivity contribution in [2.24, 2.45) is 0 Å². The number of aromatic nitrogens is 1. The van der Waals surface area contributed by atoms with Crippen LogP contribution in [0.25, 0.3) is 0 Å². The summed E-state index contributed by atoms with van der Waals surface area (Å²) in [6, 6.07) is 19.6. The molecule has 0 spiro atoms. The van der Waals surface area contributed by atoms with Crippen LogP contribution in [0, 0.1) is 6.92 Å². The number of hydrogen-bond donors (Lipinski definition) is 0. The summed E-state index contributed by atoms with van der Waals surface area (Å²) in [5, 5.41) is 1.09. The number of rotatable bonds is 7. The Balaban J connectivity index is 1.38. The Hall–Kier alpha value is -2.44. The molecule has 1 aromatic heterocycles. The van der Waals surface area contributed by atoms with Crippen molar-refractivity contribution in [3.63, 3.8) is 0 Å². The van der Waals surface area contributed by atoms with Crippen LogP contribution in [-0.4, -0.2) is 53.4 Å². The van der Waals surface area contributed by atoms with Crippen LogP contribution in [0.4, 0.5) is 0 Å². The summed E-state index contributed by atoms with van der Waals surface area (Å²) in [6.45, 7) is 6.25. The molecule has 2 aromatic carbocycles. The van der Waals surface area contributed by atoms with Crippen LogP contribution in [0.5, 0.6) is 0 Å². The number of ether oxygens (including phenoxy) is 1. The normalized spacial score (nSPS) is 15.4. The standard InChI is InChI=1S/C26H27Cl2N3O2/c1-19-3-2-4-20(15-19)18-33-24(21-5-8-23(27)9-6-21)17-30-11-13-31(14-12-30)26(32)22-7-10-25(28)29-16-22/h2-10,15-16,24H,11-14,17-18H2,1H3. The van der Waals surface area contributed by atoms with Crippen molar-refractivity contribution in [2.75, 3.05) is 32.7 Å². The summed E-state index contributed by atoms with van der Waals surface area (Å²) in [4.78, 5) is 21.0. The Kier molecular flexibility index (Phi) is 7.99. The van der Waals surface area contributed by atoms with Gasteiger partial charge in [-0.25, -0.2) is 4.98 Å². The van der Waals surface area contributed by atoms with Crippen molar-refractivity contribution in [3.05, 3.63) is 99.3 Å². The van der Waals surface area contributed by atoms with Crippen molar-refractivity contribution >= 4 is 29.1 Å². The molecule has 1 atom stereocenters. The number of aryl methyl sites for hydroxylation is 1. The quantitative estimate of drug-likeness (QED) is 0.421. The molecule has 0 radical (unpaired) electrons. The molecule has 7 heteroatoms. The largest absolute Gasteiger partial charge is 0.368 e. The molecular formula is C26H27Cl2N3O2. The fraction of sp³-hybridized carbons (Fsp3) is 0.308. The average Bonchev–Trinajstić information content (AvgIpc) is 2.83. The van der Waals surface area contributed by atoms with Crippen LogP contribution >= 0.6 is 23.2 Å². The zero-order valence-corrected chi connectivity index (χ0v) is 20.1. The molecule has 0 bridgehead atoms. The van der Waals surface area contributed by atoms with Crippen molar-refractivity contribution in [2.45, 2.75) is 19.6 Å². The maximum atomic E-state index is 12.8. The number of carbonyl (C=O) groups excluding carboxylic acids is 1. The van der Waals surface area contributed by atoms with Crippen LogP contribution in [0.3, 0.4) is 0 Å². The van der Waals surface area contributed by atoms with Crippen molar-refractivity contribution in [3.8, 4) is 0 Å². The van der Waals surface area contributed by atoms with Crippen LogP contribution in [0.2, 0.25) is 10.2 Å². The van der Waals surface area contributed by atoms with Crippen LogP contribution < -0.4 is 0 Å². The molecule has 2 heterocycles. The second-order valence-corrected chi connectivity index (χ2v) is 9.13. The SMILES string of the molecule is Cc1cccc(COC(CN2CCN(C(=O)c3ccc(Cl)nc3)CC2)c2ccc(Cl)cc2)c1. The van der Waals surface area contributed by atoms with E-state index in [0.717, 1.165) is 30.8 Å². The number of nitrogens with zero attached hydrogens (tertiary/aromatic N) is 3. The van der Waals surface area contributed by atoms with Gasteiger partial charge in [0.05, 0.1) is 18.3 Å². The molecule has 1 aliphatic rings. The average molecular weight is 484 g/mol. The minimum absolute atomic E-state index is 0.0104. The Labute approximate surface area is 204 Å². The maximum absolute atomic E-state index is 12.8. The van der Waals surface area contributed by atoms with E-state index in [1.807, 2.05) is 29.2 Å². The Morgan fingerprint density at radius 1 is 1.03 bits per heavy atom. The molecule has 33 heavy (non-hydrogen) atoms. The first-order valence-corrected chi connectivity index (χ1v) is 11.8. The van der Waals surface area contributed by atoms with Crippen molar-refractivity contribution < 1.29 is 9.53 Å².